The summed E-state index contributed by atoms with van der Waals surface area (Å²) in [4.78, 5) is 38.9. The molecule has 2 aromatic heterocycles. The Balaban J connectivity index is 1.83. The highest BCUT2D eigenvalue weighted by Gasteiger charge is 2.24. The molecule has 0 spiro atoms. The fraction of sp³-hybridized carbons (Fsp3) is 0.150. The van der Waals surface area contributed by atoms with E-state index in [0.29, 0.717) is 16.1 Å². The third-order valence-electron chi connectivity index (χ3n) is 3.97. The largest absolute Gasteiger partial charge is 0.476 e. The van der Waals surface area contributed by atoms with Crippen LogP contribution < -0.4 is 10.1 Å². The highest BCUT2D eigenvalue weighted by Crippen LogP contribution is 2.39. The van der Waals surface area contributed by atoms with E-state index in [1.807, 2.05) is 0 Å². The van der Waals surface area contributed by atoms with Crippen molar-refractivity contribution in [2.75, 3.05) is 18.5 Å². The summed E-state index contributed by atoms with van der Waals surface area (Å²) in [5.74, 6) is -1.87. The summed E-state index contributed by atoms with van der Waals surface area (Å²) in [5, 5.41) is 16.0. The van der Waals surface area contributed by atoms with Crippen LogP contribution in [-0.4, -0.2) is 35.0 Å². The lowest BCUT2D eigenvalue weighted by Gasteiger charge is -2.10. The van der Waals surface area contributed by atoms with Gasteiger partial charge in [0, 0.05) is 21.5 Å². The zero-order valence-corrected chi connectivity index (χ0v) is 17.7. The number of nitrogens with one attached hydrogen (secondary N) is 1. The lowest BCUT2D eigenvalue weighted by molar-refractivity contribution is -0.390. The lowest BCUT2D eigenvalue weighted by atomic mass is 10.0. The maximum atomic E-state index is 12.6. The van der Waals surface area contributed by atoms with Crippen molar-refractivity contribution in [1.29, 1.82) is 0 Å². The number of nitro groups is 1. The van der Waals surface area contributed by atoms with Gasteiger partial charge in [-0.2, -0.15) is 0 Å². The first-order valence-electron chi connectivity index (χ1n) is 8.98. The fourth-order valence-electron chi connectivity index (χ4n) is 2.67. The molecule has 1 aromatic carbocycles. The van der Waals surface area contributed by atoms with Gasteiger partial charge in [0.05, 0.1) is 6.61 Å². The molecule has 31 heavy (non-hydrogen) atoms. The standard InChI is InChI=1S/C20H16ClN3O6S/c1-2-29-20(26)17-13(12-6-3-4-7-14(12)21)11-31-19(17)23-16(25)10-30-15-8-5-9-22-18(15)24(27)28/h3-9,11H,2,10H2,1H3,(H,23,25). The molecule has 0 bridgehead atoms. The molecule has 1 N–H and O–H groups in total. The summed E-state index contributed by atoms with van der Waals surface area (Å²) >= 11 is 7.39. The van der Waals surface area contributed by atoms with Crippen LogP contribution in [-0.2, 0) is 9.53 Å². The van der Waals surface area contributed by atoms with Gasteiger partial charge in [0.2, 0.25) is 5.75 Å². The molecule has 0 unspecified atom stereocenters. The number of carbonyl (C=O) groups excluding carboxylic acids is 2. The average Bonchev–Trinajstić information content (AvgIpc) is 3.16. The van der Waals surface area contributed by atoms with Crippen molar-refractivity contribution < 1.29 is 24.0 Å². The normalized spacial score (nSPS) is 10.4. The minimum absolute atomic E-state index is 0.142. The van der Waals surface area contributed by atoms with E-state index in [4.69, 9.17) is 21.1 Å². The second-order valence-electron chi connectivity index (χ2n) is 5.97. The van der Waals surface area contributed by atoms with E-state index >= 15 is 0 Å². The van der Waals surface area contributed by atoms with Crippen LogP contribution in [0.5, 0.6) is 5.75 Å². The number of ether oxygens (including phenoxy) is 2. The van der Waals surface area contributed by atoms with E-state index in [1.165, 1.54) is 18.3 Å². The van der Waals surface area contributed by atoms with Crippen molar-refractivity contribution in [2.45, 2.75) is 6.92 Å². The average molecular weight is 462 g/mol. The number of hydrogen-bond donors (Lipinski definition) is 1. The first kappa shape index (κ1) is 22.2. The zero-order chi connectivity index (χ0) is 22.4. The molecule has 0 saturated heterocycles. The Morgan fingerprint density at radius 1 is 1.23 bits per heavy atom. The van der Waals surface area contributed by atoms with E-state index in [9.17, 15) is 19.7 Å². The number of amides is 1. The molecule has 1 amide bonds. The van der Waals surface area contributed by atoms with Crippen LogP contribution >= 0.6 is 22.9 Å². The van der Waals surface area contributed by atoms with Crippen LogP contribution in [0.3, 0.4) is 0 Å². The highest BCUT2D eigenvalue weighted by molar-refractivity contribution is 7.15. The molecule has 0 radical (unpaired) electrons. The van der Waals surface area contributed by atoms with Gasteiger partial charge >= 0.3 is 11.8 Å². The first-order valence-corrected chi connectivity index (χ1v) is 10.2. The Morgan fingerprint density at radius 3 is 2.71 bits per heavy atom. The molecule has 3 rings (SSSR count). The van der Waals surface area contributed by atoms with Crippen LogP contribution in [0.1, 0.15) is 17.3 Å². The molecule has 3 aromatic rings. The van der Waals surface area contributed by atoms with Crippen molar-refractivity contribution in [1.82, 2.24) is 4.98 Å². The quantitative estimate of drug-likeness (QED) is 0.296. The minimum atomic E-state index is -0.707. The number of rotatable bonds is 8. The summed E-state index contributed by atoms with van der Waals surface area (Å²) in [5.41, 5.74) is 1.31. The molecular weight excluding hydrogens is 446 g/mol. The smallest absolute Gasteiger partial charge is 0.406 e. The number of benzene rings is 1. The fourth-order valence-corrected chi connectivity index (χ4v) is 3.87. The van der Waals surface area contributed by atoms with Crippen LogP contribution in [0.2, 0.25) is 5.02 Å². The van der Waals surface area contributed by atoms with Gasteiger partial charge in [0.1, 0.15) is 16.8 Å². The van der Waals surface area contributed by atoms with Gasteiger partial charge in [-0.15, -0.1) is 11.3 Å². The number of pyridine rings is 1. The van der Waals surface area contributed by atoms with Gasteiger partial charge in [-0.1, -0.05) is 29.8 Å². The van der Waals surface area contributed by atoms with Crippen molar-refractivity contribution in [3.05, 3.63) is 68.7 Å². The minimum Gasteiger partial charge on any atom is -0.476 e. The lowest BCUT2D eigenvalue weighted by Crippen LogP contribution is -2.21. The summed E-state index contributed by atoms with van der Waals surface area (Å²) in [6.45, 7) is 1.30. The first-order chi connectivity index (χ1) is 14.9. The van der Waals surface area contributed by atoms with Gasteiger partial charge in [-0.3, -0.25) is 4.79 Å². The van der Waals surface area contributed by atoms with Crippen LogP contribution in [0.25, 0.3) is 11.1 Å². The van der Waals surface area contributed by atoms with E-state index in [2.05, 4.69) is 10.3 Å². The molecule has 0 aliphatic heterocycles. The summed E-state index contributed by atoms with van der Waals surface area (Å²) < 4.78 is 10.4. The van der Waals surface area contributed by atoms with Crippen molar-refractivity contribution in [2.24, 2.45) is 0 Å². The van der Waals surface area contributed by atoms with E-state index in [-0.39, 0.29) is 22.9 Å². The molecule has 0 aliphatic rings. The monoisotopic (exact) mass is 461 g/mol. The maximum Gasteiger partial charge on any atom is 0.406 e. The number of anilines is 1. The van der Waals surface area contributed by atoms with Gasteiger partial charge in [0.15, 0.2) is 6.61 Å². The van der Waals surface area contributed by atoms with Gasteiger partial charge in [-0.05, 0) is 35.0 Å². The Labute approximate surface area is 185 Å². The zero-order valence-electron chi connectivity index (χ0n) is 16.2. The van der Waals surface area contributed by atoms with Gasteiger partial charge < -0.3 is 24.9 Å². The topological polar surface area (TPSA) is 121 Å². The molecular formula is C20H16ClN3O6S. The molecule has 0 saturated carbocycles. The summed E-state index contributed by atoms with van der Waals surface area (Å²) in [7, 11) is 0. The molecule has 2 heterocycles. The predicted molar refractivity (Wildman–Crippen MR) is 116 cm³/mol. The highest BCUT2D eigenvalue weighted by atomic mass is 35.5. The van der Waals surface area contributed by atoms with Gasteiger partial charge in [0.25, 0.3) is 5.91 Å². The molecule has 0 aliphatic carbocycles. The third-order valence-corrected chi connectivity index (χ3v) is 5.20. The van der Waals surface area contributed by atoms with Crippen molar-refractivity contribution in [3.63, 3.8) is 0 Å². The van der Waals surface area contributed by atoms with Crippen LogP contribution in [0, 0.1) is 10.1 Å². The second kappa shape index (κ2) is 10.0. The third kappa shape index (κ3) is 5.16. The Morgan fingerprint density at radius 2 is 2.00 bits per heavy atom. The number of hydrogen-bond acceptors (Lipinski definition) is 8. The van der Waals surface area contributed by atoms with Crippen molar-refractivity contribution >= 4 is 45.6 Å². The molecule has 0 fully saturated rings. The molecule has 9 nitrogen and oxygen atoms in total. The second-order valence-corrected chi connectivity index (χ2v) is 7.26. The predicted octanol–water partition coefficient (Wildman–Crippen LogP) is 4.57. The Hall–Kier alpha value is -3.50. The molecule has 11 heteroatoms. The Bertz CT molecular complexity index is 1130. The van der Waals surface area contributed by atoms with E-state index in [0.717, 1.165) is 11.3 Å². The Kier molecular flexibility index (Phi) is 7.16. The van der Waals surface area contributed by atoms with E-state index < -0.39 is 29.2 Å². The summed E-state index contributed by atoms with van der Waals surface area (Å²) in [6.07, 6.45) is 1.25. The van der Waals surface area contributed by atoms with Gasteiger partial charge in [-0.25, -0.2) is 4.79 Å². The SMILES string of the molecule is CCOC(=O)c1c(-c2ccccc2Cl)csc1NC(=O)COc1cccnc1[N+](=O)[O-]. The summed E-state index contributed by atoms with van der Waals surface area (Å²) in [6, 6.07) is 9.78. The molecule has 0 atom stereocenters. The number of thiophene rings is 1. The number of aromatic nitrogens is 1. The number of nitrogens with zero attached hydrogens (tertiary/aromatic N) is 2. The van der Waals surface area contributed by atoms with Crippen molar-refractivity contribution in [3.8, 4) is 16.9 Å². The van der Waals surface area contributed by atoms with Crippen LogP contribution in [0.15, 0.2) is 48.0 Å². The van der Waals surface area contributed by atoms with E-state index in [1.54, 1.807) is 36.6 Å². The number of esters is 1. The number of carbonyl (C=O) groups is 2. The molecule has 160 valence electrons. The van der Waals surface area contributed by atoms with Crippen LogP contribution in [0.4, 0.5) is 10.8 Å². The number of halogens is 1. The maximum absolute atomic E-state index is 12.6.